The fourth-order valence-electron chi connectivity index (χ4n) is 0.483. The molecule has 0 amide bonds. The summed E-state index contributed by atoms with van der Waals surface area (Å²) in [7, 11) is 0. The molecule has 0 aliphatic rings. The summed E-state index contributed by atoms with van der Waals surface area (Å²) in [6.07, 6.45) is 0. The predicted octanol–water partition coefficient (Wildman–Crippen LogP) is 2.15. The molecule has 0 heterocycles. The third-order valence-electron chi connectivity index (χ3n) is 1.44. The maximum atomic E-state index is 8.64. The molecule has 0 radical (unpaired) electrons. The summed E-state index contributed by atoms with van der Waals surface area (Å²) >= 11 is 0. The summed E-state index contributed by atoms with van der Waals surface area (Å²) in [6.45, 7) is 6.20. The minimum absolute atomic E-state index is 0.103. The van der Waals surface area contributed by atoms with Gasteiger partial charge in [-0.25, -0.2) is 0 Å². The molecule has 0 aromatic carbocycles. The van der Waals surface area contributed by atoms with Crippen molar-refractivity contribution < 1.29 is 0 Å². The summed E-state index contributed by atoms with van der Waals surface area (Å²) in [5, 5.41) is 24.8. The maximum absolute atomic E-state index is 8.64. The standard InChI is InChI=1S/C9H14N4/c1-8(4-10)5-12-13-7-9(2,3)6-11/h8H,5,7H2,1-3H3. The lowest BCUT2D eigenvalue weighted by Crippen LogP contribution is -2.11. The van der Waals surface area contributed by atoms with Crippen LogP contribution in [0.5, 0.6) is 0 Å². The molecule has 0 aliphatic carbocycles. The van der Waals surface area contributed by atoms with Gasteiger partial charge in [0.2, 0.25) is 0 Å². The second kappa shape index (κ2) is 5.27. The zero-order valence-corrected chi connectivity index (χ0v) is 8.28. The first-order valence-corrected chi connectivity index (χ1v) is 4.16. The summed E-state index contributed by atoms with van der Waals surface area (Å²) in [5.74, 6) is -0.103. The molecule has 1 unspecified atom stereocenters. The van der Waals surface area contributed by atoms with E-state index in [1.165, 1.54) is 0 Å². The van der Waals surface area contributed by atoms with E-state index in [-0.39, 0.29) is 5.92 Å². The molecule has 1 atom stereocenters. The van der Waals surface area contributed by atoms with Crippen molar-refractivity contribution >= 4 is 0 Å². The monoisotopic (exact) mass is 178 g/mol. The average molecular weight is 178 g/mol. The molecule has 0 bridgehead atoms. The molecule has 0 saturated heterocycles. The summed E-state index contributed by atoms with van der Waals surface area (Å²) in [6, 6.07) is 4.18. The number of nitriles is 2. The van der Waals surface area contributed by atoms with E-state index in [4.69, 9.17) is 10.5 Å². The quantitative estimate of drug-likeness (QED) is 0.618. The Morgan fingerprint density at radius 1 is 1.31 bits per heavy atom. The SMILES string of the molecule is CC(C#N)CN=NCC(C)(C)C#N. The van der Waals surface area contributed by atoms with Crippen LogP contribution in [0.2, 0.25) is 0 Å². The van der Waals surface area contributed by atoms with Gasteiger partial charge in [0, 0.05) is 0 Å². The van der Waals surface area contributed by atoms with E-state index in [0.29, 0.717) is 13.1 Å². The Morgan fingerprint density at radius 3 is 2.38 bits per heavy atom. The van der Waals surface area contributed by atoms with Crippen LogP contribution in [0.15, 0.2) is 10.2 Å². The van der Waals surface area contributed by atoms with Crippen LogP contribution in [0.25, 0.3) is 0 Å². The average Bonchev–Trinajstić information content (AvgIpc) is 2.12. The first kappa shape index (κ1) is 11.6. The molecule has 13 heavy (non-hydrogen) atoms. The molecule has 4 nitrogen and oxygen atoms in total. The molecule has 0 rings (SSSR count). The Balaban J connectivity index is 3.79. The Hall–Kier alpha value is -1.42. The summed E-state index contributed by atoms with van der Waals surface area (Å²) < 4.78 is 0. The molecular formula is C9H14N4. The molecule has 70 valence electrons. The molecule has 0 aromatic rings. The Bertz CT molecular complexity index is 254. The van der Waals surface area contributed by atoms with E-state index in [9.17, 15) is 0 Å². The van der Waals surface area contributed by atoms with E-state index in [0.717, 1.165) is 0 Å². The van der Waals surface area contributed by atoms with E-state index in [1.54, 1.807) is 20.8 Å². The van der Waals surface area contributed by atoms with Gasteiger partial charge in [0.25, 0.3) is 0 Å². The van der Waals surface area contributed by atoms with Crippen LogP contribution >= 0.6 is 0 Å². The van der Waals surface area contributed by atoms with Gasteiger partial charge in [0.1, 0.15) is 0 Å². The van der Waals surface area contributed by atoms with Crippen molar-refractivity contribution in [3.8, 4) is 12.1 Å². The third-order valence-corrected chi connectivity index (χ3v) is 1.44. The largest absolute Gasteiger partial charge is 0.198 e. The van der Waals surface area contributed by atoms with Gasteiger partial charge in [-0.2, -0.15) is 20.8 Å². The van der Waals surface area contributed by atoms with Gasteiger partial charge in [-0.15, -0.1) is 0 Å². The predicted molar refractivity (Wildman–Crippen MR) is 48.8 cm³/mol. The van der Waals surface area contributed by atoms with Crippen LogP contribution in [0, 0.1) is 34.0 Å². The molecule has 0 spiro atoms. The summed E-state index contributed by atoms with van der Waals surface area (Å²) in [5.41, 5.74) is -0.459. The number of rotatable bonds is 4. The lowest BCUT2D eigenvalue weighted by atomic mass is 9.97. The van der Waals surface area contributed by atoms with Gasteiger partial charge in [-0.3, -0.25) is 0 Å². The second-order valence-electron chi connectivity index (χ2n) is 3.65. The summed E-state index contributed by atoms with van der Waals surface area (Å²) in [4.78, 5) is 0. The highest BCUT2D eigenvalue weighted by molar-refractivity contribution is 4.92. The molecule has 0 fully saturated rings. The third kappa shape index (κ3) is 5.81. The fourth-order valence-corrected chi connectivity index (χ4v) is 0.483. The highest BCUT2D eigenvalue weighted by Gasteiger charge is 2.15. The van der Waals surface area contributed by atoms with E-state index < -0.39 is 5.41 Å². The maximum Gasteiger partial charge on any atom is 0.0780 e. The van der Waals surface area contributed by atoms with Gasteiger partial charge in [0.15, 0.2) is 0 Å². The van der Waals surface area contributed by atoms with E-state index in [1.807, 2.05) is 0 Å². The molecule has 0 aliphatic heterocycles. The number of azo groups is 1. The Labute approximate surface area is 78.9 Å². The van der Waals surface area contributed by atoms with E-state index >= 15 is 0 Å². The molecule has 4 heteroatoms. The molecule has 0 saturated carbocycles. The van der Waals surface area contributed by atoms with Crippen molar-refractivity contribution in [2.24, 2.45) is 21.6 Å². The Morgan fingerprint density at radius 2 is 1.92 bits per heavy atom. The van der Waals surface area contributed by atoms with Crippen molar-refractivity contribution in [1.29, 1.82) is 10.5 Å². The zero-order valence-electron chi connectivity index (χ0n) is 8.28. The Kier molecular flexibility index (Phi) is 4.69. The van der Waals surface area contributed by atoms with Crippen molar-refractivity contribution in [3.63, 3.8) is 0 Å². The molecule has 0 N–H and O–H groups in total. The lowest BCUT2D eigenvalue weighted by Gasteiger charge is -2.09. The molecular weight excluding hydrogens is 164 g/mol. The topological polar surface area (TPSA) is 72.3 Å². The van der Waals surface area contributed by atoms with Crippen molar-refractivity contribution in [2.45, 2.75) is 20.8 Å². The minimum atomic E-state index is -0.459. The fraction of sp³-hybridized carbons (Fsp3) is 0.778. The van der Waals surface area contributed by atoms with Crippen LogP contribution in [-0.2, 0) is 0 Å². The van der Waals surface area contributed by atoms with Crippen molar-refractivity contribution in [2.75, 3.05) is 13.1 Å². The van der Waals surface area contributed by atoms with Crippen LogP contribution in [0.4, 0.5) is 0 Å². The highest BCUT2D eigenvalue weighted by Crippen LogP contribution is 2.13. The van der Waals surface area contributed by atoms with Gasteiger partial charge in [0.05, 0.1) is 36.6 Å². The zero-order chi connectivity index (χ0) is 10.3. The molecule has 0 aromatic heterocycles. The van der Waals surface area contributed by atoms with Crippen molar-refractivity contribution in [1.82, 2.24) is 0 Å². The van der Waals surface area contributed by atoms with Crippen LogP contribution in [0.1, 0.15) is 20.8 Å². The normalized spacial score (nSPS) is 13.6. The first-order valence-electron chi connectivity index (χ1n) is 4.16. The highest BCUT2D eigenvalue weighted by atomic mass is 15.1. The number of hydrogen-bond donors (Lipinski definition) is 0. The number of hydrogen-bond acceptors (Lipinski definition) is 4. The number of nitrogens with zero attached hydrogens (tertiary/aromatic N) is 4. The minimum Gasteiger partial charge on any atom is -0.198 e. The van der Waals surface area contributed by atoms with Crippen molar-refractivity contribution in [3.05, 3.63) is 0 Å². The van der Waals surface area contributed by atoms with Crippen LogP contribution in [0.3, 0.4) is 0 Å². The van der Waals surface area contributed by atoms with Crippen LogP contribution < -0.4 is 0 Å². The first-order chi connectivity index (χ1) is 6.02. The smallest absolute Gasteiger partial charge is 0.0780 e. The van der Waals surface area contributed by atoms with Gasteiger partial charge in [-0.1, -0.05) is 0 Å². The van der Waals surface area contributed by atoms with Gasteiger partial charge in [-0.05, 0) is 20.8 Å². The van der Waals surface area contributed by atoms with Crippen LogP contribution in [-0.4, -0.2) is 13.1 Å². The second-order valence-corrected chi connectivity index (χ2v) is 3.65. The van der Waals surface area contributed by atoms with E-state index in [2.05, 4.69) is 22.4 Å². The lowest BCUT2D eigenvalue weighted by molar-refractivity contribution is 0.495. The van der Waals surface area contributed by atoms with Gasteiger partial charge < -0.3 is 0 Å². The van der Waals surface area contributed by atoms with Gasteiger partial charge >= 0.3 is 0 Å².